The molecule has 10 aromatic rings. The van der Waals surface area contributed by atoms with Gasteiger partial charge in [0, 0.05) is 22.0 Å². The molecule has 1 aliphatic heterocycles. The summed E-state index contributed by atoms with van der Waals surface area (Å²) >= 11 is 0. The number of benzene rings is 10. The minimum Gasteiger partial charge on any atom is -0.453 e. The summed E-state index contributed by atoms with van der Waals surface area (Å²) < 4.78 is 7.26. The summed E-state index contributed by atoms with van der Waals surface area (Å²) in [5, 5.41) is 0. The predicted molar refractivity (Wildman–Crippen MR) is 295 cm³/mol. The van der Waals surface area contributed by atoms with E-state index >= 15 is 0 Å². The van der Waals surface area contributed by atoms with E-state index < -0.39 is 0 Å². The molecule has 10 aromatic carbocycles. The molecule has 0 amide bonds. The highest BCUT2D eigenvalue weighted by atomic mass is 16.5. The third-order valence-corrected chi connectivity index (χ3v) is 15.1. The molecular weight excluding hydrogens is 847 g/mol. The third kappa shape index (κ3) is 6.84. The average Bonchev–Trinajstić information content (AvgIpc) is 3.79. The van der Waals surface area contributed by atoms with Gasteiger partial charge in [0.15, 0.2) is 11.5 Å². The Morgan fingerprint density at radius 1 is 0.286 bits per heavy atom. The molecule has 2 heteroatoms. The lowest BCUT2D eigenvalue weighted by Crippen LogP contribution is -2.18. The van der Waals surface area contributed by atoms with Crippen molar-refractivity contribution in [2.45, 2.75) is 52.4 Å². The van der Waals surface area contributed by atoms with Crippen LogP contribution in [-0.4, -0.2) is 0 Å². The minimum absolute atomic E-state index is 0.109. The van der Waals surface area contributed by atoms with Gasteiger partial charge < -0.3 is 9.64 Å². The SMILES string of the molecule is CC.CC1(C)c2ccccc2-c2ccc(-c3ccc4c(c3)Oc3cc(-c5ccc6c(c5)C(C)(C)c5ccccc5-6)ccc3N4c3c(-c4ccccc4)cc(-c4ccccc4)cc3-c3ccccc3)cc21. The number of ether oxygens (including phenoxy) is 1. The summed E-state index contributed by atoms with van der Waals surface area (Å²) in [6.45, 7) is 13.4. The van der Waals surface area contributed by atoms with E-state index in [2.05, 4.69) is 257 Å². The zero-order valence-electron chi connectivity index (χ0n) is 40.7. The number of rotatable bonds is 6. The van der Waals surface area contributed by atoms with E-state index in [4.69, 9.17) is 4.74 Å². The van der Waals surface area contributed by atoms with Crippen molar-refractivity contribution >= 4 is 17.1 Å². The van der Waals surface area contributed by atoms with Gasteiger partial charge in [0.05, 0.1) is 17.1 Å². The molecular formula is C68H55NO. The highest BCUT2D eigenvalue weighted by Crippen LogP contribution is 2.58. The number of nitrogens with zero attached hydrogens (tertiary/aromatic N) is 1. The maximum Gasteiger partial charge on any atom is 0.152 e. The van der Waals surface area contributed by atoms with Gasteiger partial charge >= 0.3 is 0 Å². The van der Waals surface area contributed by atoms with Gasteiger partial charge in [-0.3, -0.25) is 0 Å². The van der Waals surface area contributed by atoms with E-state index in [1.54, 1.807) is 0 Å². The second-order valence-corrected chi connectivity index (χ2v) is 19.7. The highest BCUT2D eigenvalue weighted by Gasteiger charge is 2.37. The maximum atomic E-state index is 7.26. The predicted octanol–water partition coefficient (Wildman–Crippen LogP) is 19.2. The van der Waals surface area contributed by atoms with Crippen LogP contribution in [0.3, 0.4) is 0 Å². The van der Waals surface area contributed by atoms with Crippen LogP contribution >= 0.6 is 0 Å². The third-order valence-electron chi connectivity index (χ3n) is 15.1. The molecule has 13 rings (SSSR count). The highest BCUT2D eigenvalue weighted by molar-refractivity contribution is 6.03. The fourth-order valence-corrected chi connectivity index (χ4v) is 11.5. The van der Waals surface area contributed by atoms with Gasteiger partial charge in [0.2, 0.25) is 0 Å². The number of hydrogen-bond acceptors (Lipinski definition) is 2. The maximum absolute atomic E-state index is 7.26. The molecule has 0 saturated heterocycles. The first-order valence-electron chi connectivity index (χ1n) is 24.8. The van der Waals surface area contributed by atoms with Crippen LogP contribution in [0.15, 0.2) is 224 Å². The van der Waals surface area contributed by atoms with Crippen LogP contribution in [0, 0.1) is 0 Å². The van der Waals surface area contributed by atoms with Crippen LogP contribution in [0.2, 0.25) is 0 Å². The largest absolute Gasteiger partial charge is 0.453 e. The van der Waals surface area contributed by atoms with E-state index in [0.717, 1.165) is 67.5 Å². The normalized spacial score (nSPS) is 13.9. The molecule has 0 fully saturated rings. The van der Waals surface area contributed by atoms with Crippen LogP contribution in [0.4, 0.5) is 17.1 Å². The van der Waals surface area contributed by atoms with Crippen molar-refractivity contribution in [2.75, 3.05) is 4.90 Å². The second-order valence-electron chi connectivity index (χ2n) is 19.7. The van der Waals surface area contributed by atoms with Gasteiger partial charge in [-0.1, -0.05) is 217 Å². The standard InChI is InChI=1S/C66H49NO.C2H6/c1-65(2)56-26-16-14-24-50(56)52-32-28-45(38-58(52)65)47-30-34-60-62(40-47)68-63-41-48(46-29-33-53-51-25-15-17-27-57(51)66(3,4)59(53)39-46)31-35-61(63)67(60)64-54(43-20-10-6-11-21-43)36-49(42-18-8-5-9-19-42)37-55(64)44-22-12-7-13-23-44;1-2/h5-41H,1-4H3;1-2H3. The molecule has 0 unspecified atom stereocenters. The summed E-state index contributed by atoms with van der Waals surface area (Å²) in [6, 6.07) is 82.5. The van der Waals surface area contributed by atoms with Crippen molar-refractivity contribution < 1.29 is 4.74 Å². The van der Waals surface area contributed by atoms with Crippen LogP contribution in [0.25, 0.3) is 77.9 Å². The Balaban J connectivity index is 0.00000249. The van der Waals surface area contributed by atoms with E-state index in [0.29, 0.717) is 0 Å². The van der Waals surface area contributed by atoms with E-state index in [-0.39, 0.29) is 10.8 Å². The molecule has 338 valence electrons. The first kappa shape index (κ1) is 43.1. The fourth-order valence-electron chi connectivity index (χ4n) is 11.5. The molecule has 0 radical (unpaired) electrons. The average molecular weight is 902 g/mol. The molecule has 3 aliphatic rings. The topological polar surface area (TPSA) is 12.5 Å². The summed E-state index contributed by atoms with van der Waals surface area (Å²) in [7, 11) is 0. The Kier molecular flexibility index (Phi) is 10.3. The molecule has 2 nitrogen and oxygen atoms in total. The van der Waals surface area contributed by atoms with Crippen molar-refractivity contribution in [1.82, 2.24) is 0 Å². The Bertz CT molecular complexity index is 3420. The van der Waals surface area contributed by atoms with E-state index in [1.807, 2.05) is 13.8 Å². The minimum atomic E-state index is -0.109. The Labute approximate surface area is 413 Å². The van der Waals surface area contributed by atoms with Gasteiger partial charge in [-0.05, 0) is 138 Å². The van der Waals surface area contributed by atoms with Crippen molar-refractivity contribution in [3.8, 4) is 89.4 Å². The number of anilines is 3. The Hall–Kier alpha value is -8.20. The molecule has 0 N–H and O–H groups in total. The smallest absolute Gasteiger partial charge is 0.152 e. The molecule has 0 aromatic heterocycles. The lowest BCUT2D eigenvalue weighted by atomic mass is 9.81. The molecule has 2 aliphatic carbocycles. The van der Waals surface area contributed by atoms with E-state index in [9.17, 15) is 0 Å². The molecule has 0 spiro atoms. The van der Waals surface area contributed by atoms with Gasteiger partial charge in [-0.15, -0.1) is 0 Å². The lowest BCUT2D eigenvalue weighted by Gasteiger charge is -2.36. The van der Waals surface area contributed by atoms with Gasteiger partial charge in [-0.25, -0.2) is 0 Å². The molecule has 0 bridgehead atoms. The zero-order valence-corrected chi connectivity index (χ0v) is 40.7. The summed E-state index contributed by atoms with van der Waals surface area (Å²) in [5.41, 5.74) is 25.1. The molecule has 0 saturated carbocycles. The molecule has 0 atom stereocenters. The summed E-state index contributed by atoms with van der Waals surface area (Å²) in [5.74, 6) is 1.62. The Morgan fingerprint density at radius 2 is 0.643 bits per heavy atom. The molecule has 70 heavy (non-hydrogen) atoms. The van der Waals surface area contributed by atoms with Crippen LogP contribution in [0.5, 0.6) is 11.5 Å². The quantitative estimate of drug-likeness (QED) is 0.165. The Morgan fingerprint density at radius 3 is 1.09 bits per heavy atom. The second kappa shape index (κ2) is 16.8. The summed E-state index contributed by atoms with van der Waals surface area (Å²) in [4.78, 5) is 2.46. The first-order valence-corrected chi connectivity index (χ1v) is 24.8. The van der Waals surface area contributed by atoms with Gasteiger partial charge in [-0.2, -0.15) is 0 Å². The zero-order chi connectivity index (χ0) is 47.7. The van der Waals surface area contributed by atoms with Crippen molar-refractivity contribution in [3.63, 3.8) is 0 Å². The van der Waals surface area contributed by atoms with Crippen molar-refractivity contribution in [2.24, 2.45) is 0 Å². The van der Waals surface area contributed by atoms with Gasteiger partial charge in [0.1, 0.15) is 0 Å². The van der Waals surface area contributed by atoms with Crippen LogP contribution < -0.4 is 9.64 Å². The first-order chi connectivity index (χ1) is 34.2. The molecule has 1 heterocycles. The monoisotopic (exact) mass is 901 g/mol. The fraction of sp³-hybridized carbons (Fsp3) is 0.118. The lowest BCUT2D eigenvalue weighted by molar-refractivity contribution is 0.477. The van der Waals surface area contributed by atoms with E-state index in [1.165, 1.54) is 61.2 Å². The van der Waals surface area contributed by atoms with Crippen LogP contribution in [0.1, 0.15) is 63.8 Å². The van der Waals surface area contributed by atoms with Crippen molar-refractivity contribution in [1.29, 1.82) is 0 Å². The summed E-state index contributed by atoms with van der Waals surface area (Å²) in [6.07, 6.45) is 0. The van der Waals surface area contributed by atoms with Crippen LogP contribution in [-0.2, 0) is 10.8 Å². The number of fused-ring (bicyclic) bond motifs is 8. The number of hydrogen-bond donors (Lipinski definition) is 0. The van der Waals surface area contributed by atoms with Gasteiger partial charge in [0.25, 0.3) is 0 Å². The van der Waals surface area contributed by atoms with Crippen molar-refractivity contribution in [3.05, 3.63) is 247 Å².